The first-order chi connectivity index (χ1) is 11.5. The first-order valence-electron chi connectivity index (χ1n) is 7.52. The minimum absolute atomic E-state index is 0.213. The van der Waals surface area contributed by atoms with Crippen molar-refractivity contribution in [2.75, 3.05) is 0 Å². The van der Waals surface area contributed by atoms with Crippen LogP contribution in [0.2, 0.25) is 0 Å². The minimum atomic E-state index is -3.89. The van der Waals surface area contributed by atoms with Crippen LogP contribution in [0.5, 0.6) is 5.75 Å². The van der Waals surface area contributed by atoms with Crippen LogP contribution < -0.4 is 9.46 Å². The maximum atomic E-state index is 12.3. The Morgan fingerprint density at radius 2 is 1.75 bits per heavy atom. The Bertz CT molecular complexity index is 875. The molecule has 0 bridgehead atoms. The van der Waals surface area contributed by atoms with Crippen LogP contribution in [-0.2, 0) is 14.8 Å². The van der Waals surface area contributed by atoms with Crippen LogP contribution >= 0.6 is 0 Å². The van der Waals surface area contributed by atoms with E-state index >= 15 is 0 Å². The van der Waals surface area contributed by atoms with Crippen LogP contribution in [0.3, 0.4) is 0 Å². The fraction of sp³-hybridized carbons (Fsp3) is 0.167. The summed E-state index contributed by atoms with van der Waals surface area (Å²) in [6, 6.07) is 16.3. The number of hydrogen-bond acceptors (Lipinski definition) is 4. The fourth-order valence-electron chi connectivity index (χ4n) is 2.61. The highest BCUT2D eigenvalue weighted by molar-refractivity contribution is 7.93. The highest BCUT2D eigenvalue weighted by Gasteiger charge is 2.37. The van der Waals surface area contributed by atoms with Gasteiger partial charge in [-0.25, -0.2) is 13.1 Å². The summed E-state index contributed by atoms with van der Waals surface area (Å²) >= 11 is 0. The molecule has 24 heavy (non-hydrogen) atoms. The smallest absolute Gasteiger partial charge is 0.275 e. The molecule has 1 N–H and O–H groups in total. The molecule has 0 aromatic heterocycles. The van der Waals surface area contributed by atoms with E-state index in [0.717, 1.165) is 16.5 Å². The van der Waals surface area contributed by atoms with Gasteiger partial charge in [0.25, 0.3) is 15.9 Å². The first kappa shape index (κ1) is 16.3. The van der Waals surface area contributed by atoms with Crippen molar-refractivity contribution in [1.82, 2.24) is 4.72 Å². The van der Waals surface area contributed by atoms with E-state index in [9.17, 15) is 13.2 Å². The SMILES string of the molecule is C[C@@H]1c2ccccc2O[C@H]1C(=O)NS(=O)(=O)/C=C\c1ccccc1. The molecule has 1 aliphatic rings. The van der Waals surface area contributed by atoms with Crippen LogP contribution in [0.1, 0.15) is 24.0 Å². The zero-order valence-corrected chi connectivity index (χ0v) is 13.9. The first-order valence-corrected chi connectivity index (χ1v) is 9.06. The third-order valence-electron chi connectivity index (χ3n) is 3.86. The van der Waals surface area contributed by atoms with E-state index in [1.54, 1.807) is 30.3 Å². The Morgan fingerprint density at radius 3 is 2.46 bits per heavy atom. The molecule has 1 heterocycles. The molecule has 0 unspecified atom stereocenters. The largest absolute Gasteiger partial charge is 0.480 e. The van der Waals surface area contributed by atoms with Gasteiger partial charge in [0.15, 0.2) is 6.10 Å². The maximum absolute atomic E-state index is 12.3. The van der Waals surface area contributed by atoms with Crippen molar-refractivity contribution in [1.29, 1.82) is 0 Å². The molecule has 2 aromatic carbocycles. The van der Waals surface area contributed by atoms with Gasteiger partial charge < -0.3 is 4.74 Å². The number of ether oxygens (including phenoxy) is 1. The molecule has 2 atom stereocenters. The second kappa shape index (κ2) is 6.49. The van der Waals surface area contributed by atoms with Crippen molar-refractivity contribution >= 4 is 22.0 Å². The van der Waals surface area contributed by atoms with Gasteiger partial charge in [0.2, 0.25) is 0 Å². The number of para-hydroxylation sites is 1. The van der Waals surface area contributed by atoms with Gasteiger partial charge in [-0.1, -0.05) is 55.5 Å². The van der Waals surface area contributed by atoms with E-state index in [2.05, 4.69) is 4.72 Å². The minimum Gasteiger partial charge on any atom is -0.480 e. The Morgan fingerprint density at radius 1 is 1.08 bits per heavy atom. The quantitative estimate of drug-likeness (QED) is 0.926. The Kier molecular flexibility index (Phi) is 4.40. The number of carbonyl (C=O) groups excluding carboxylic acids is 1. The molecular weight excluding hydrogens is 326 g/mol. The maximum Gasteiger partial charge on any atom is 0.275 e. The zero-order chi connectivity index (χ0) is 17.2. The van der Waals surface area contributed by atoms with E-state index < -0.39 is 22.0 Å². The number of amides is 1. The standard InChI is InChI=1S/C18H17NO4S/c1-13-15-9-5-6-10-16(15)23-17(13)18(20)19-24(21,22)12-11-14-7-3-2-4-8-14/h2-13,17H,1H3,(H,19,20)/b12-11-/t13-,17-/m1/s1. The van der Waals surface area contributed by atoms with Gasteiger partial charge in [0, 0.05) is 11.5 Å². The van der Waals surface area contributed by atoms with Crippen molar-refractivity contribution in [3.05, 3.63) is 71.1 Å². The topological polar surface area (TPSA) is 72.5 Å². The number of benzene rings is 2. The van der Waals surface area contributed by atoms with Gasteiger partial charge in [0.1, 0.15) is 5.75 Å². The highest BCUT2D eigenvalue weighted by atomic mass is 32.2. The van der Waals surface area contributed by atoms with Crippen molar-refractivity contribution in [3.63, 3.8) is 0 Å². The average Bonchev–Trinajstić information content (AvgIpc) is 2.91. The average molecular weight is 343 g/mol. The Labute approximate surface area is 141 Å². The van der Waals surface area contributed by atoms with Crippen molar-refractivity contribution in [3.8, 4) is 5.75 Å². The van der Waals surface area contributed by atoms with Gasteiger partial charge in [-0.15, -0.1) is 0 Å². The second-order valence-corrected chi connectivity index (χ2v) is 7.16. The predicted molar refractivity (Wildman–Crippen MR) is 91.8 cm³/mol. The summed E-state index contributed by atoms with van der Waals surface area (Å²) in [5, 5.41) is 0.979. The molecular formula is C18H17NO4S. The van der Waals surface area contributed by atoms with Gasteiger partial charge >= 0.3 is 0 Å². The second-order valence-electron chi connectivity index (χ2n) is 5.59. The predicted octanol–water partition coefficient (Wildman–Crippen LogP) is 2.67. The summed E-state index contributed by atoms with van der Waals surface area (Å²) < 4.78 is 31.8. The van der Waals surface area contributed by atoms with E-state index in [1.165, 1.54) is 6.08 Å². The van der Waals surface area contributed by atoms with Crippen molar-refractivity contribution < 1.29 is 17.9 Å². The molecule has 0 aliphatic carbocycles. The molecule has 0 fully saturated rings. The molecule has 6 heteroatoms. The lowest BCUT2D eigenvalue weighted by Crippen LogP contribution is -2.41. The fourth-order valence-corrected chi connectivity index (χ4v) is 3.41. The zero-order valence-electron chi connectivity index (χ0n) is 13.0. The van der Waals surface area contributed by atoms with E-state index in [0.29, 0.717) is 5.75 Å². The summed E-state index contributed by atoms with van der Waals surface area (Å²) in [6.07, 6.45) is 0.575. The molecule has 0 saturated heterocycles. The van der Waals surface area contributed by atoms with Crippen LogP contribution in [0.4, 0.5) is 0 Å². The van der Waals surface area contributed by atoms with Gasteiger partial charge in [-0.2, -0.15) is 0 Å². The van der Waals surface area contributed by atoms with Gasteiger partial charge in [0.05, 0.1) is 5.41 Å². The normalized spacial score (nSPS) is 19.7. The van der Waals surface area contributed by atoms with Crippen LogP contribution in [0, 0.1) is 0 Å². The lowest BCUT2D eigenvalue weighted by Gasteiger charge is -2.14. The highest BCUT2D eigenvalue weighted by Crippen LogP contribution is 2.37. The Balaban J connectivity index is 1.70. The van der Waals surface area contributed by atoms with Crippen molar-refractivity contribution in [2.24, 2.45) is 0 Å². The number of fused-ring (bicyclic) bond motifs is 1. The summed E-state index contributed by atoms with van der Waals surface area (Å²) in [6.45, 7) is 1.84. The number of sulfonamides is 1. The summed E-state index contributed by atoms with van der Waals surface area (Å²) in [5.74, 6) is -0.270. The Hall–Kier alpha value is -2.60. The van der Waals surface area contributed by atoms with Crippen LogP contribution in [0.15, 0.2) is 60.0 Å². The van der Waals surface area contributed by atoms with Gasteiger partial charge in [-0.05, 0) is 17.7 Å². The molecule has 2 aromatic rings. The molecule has 124 valence electrons. The third-order valence-corrected chi connectivity index (χ3v) is 4.84. The molecule has 0 radical (unpaired) electrons. The van der Waals surface area contributed by atoms with E-state index in [4.69, 9.17) is 4.74 Å². The lowest BCUT2D eigenvalue weighted by molar-refractivity contribution is -0.126. The monoisotopic (exact) mass is 343 g/mol. The van der Waals surface area contributed by atoms with E-state index in [1.807, 2.05) is 31.2 Å². The molecule has 0 spiro atoms. The molecule has 1 amide bonds. The lowest BCUT2D eigenvalue weighted by atomic mass is 9.97. The number of hydrogen-bond donors (Lipinski definition) is 1. The summed E-state index contributed by atoms with van der Waals surface area (Å²) in [5.41, 5.74) is 1.63. The van der Waals surface area contributed by atoms with E-state index in [-0.39, 0.29) is 5.92 Å². The molecule has 3 rings (SSSR count). The van der Waals surface area contributed by atoms with Gasteiger partial charge in [-0.3, -0.25) is 4.79 Å². The van der Waals surface area contributed by atoms with Crippen LogP contribution in [-0.4, -0.2) is 20.4 Å². The van der Waals surface area contributed by atoms with Crippen LogP contribution in [0.25, 0.3) is 6.08 Å². The number of carbonyl (C=O) groups is 1. The third kappa shape index (κ3) is 3.49. The summed E-state index contributed by atoms with van der Waals surface area (Å²) in [4.78, 5) is 12.3. The molecule has 0 saturated carbocycles. The number of rotatable bonds is 4. The number of nitrogens with one attached hydrogen (secondary N) is 1. The molecule has 5 nitrogen and oxygen atoms in total. The summed E-state index contributed by atoms with van der Waals surface area (Å²) in [7, 11) is -3.89. The van der Waals surface area contributed by atoms with Crippen molar-refractivity contribution in [2.45, 2.75) is 18.9 Å². The molecule has 1 aliphatic heterocycles.